The van der Waals surface area contributed by atoms with Gasteiger partial charge in [0.25, 0.3) is 11.1 Å². The predicted molar refractivity (Wildman–Crippen MR) is 141 cm³/mol. The number of rotatable bonds is 6. The summed E-state index contributed by atoms with van der Waals surface area (Å²) in [5.74, 6) is 0.281. The Kier molecular flexibility index (Phi) is 6.51. The number of carbonyl (C=O) groups excluding carboxylic acids is 2. The summed E-state index contributed by atoms with van der Waals surface area (Å²) >= 11 is 13.3. The lowest BCUT2D eigenvalue weighted by molar-refractivity contribution is -0.123. The molecule has 0 aliphatic carbocycles. The van der Waals surface area contributed by atoms with Crippen LogP contribution in [0.2, 0.25) is 10.0 Å². The highest BCUT2D eigenvalue weighted by Crippen LogP contribution is 2.35. The molecular weight excluding hydrogens is 507 g/mol. The van der Waals surface area contributed by atoms with Crippen molar-refractivity contribution in [2.24, 2.45) is 0 Å². The molecule has 1 saturated heterocycles. The van der Waals surface area contributed by atoms with Gasteiger partial charge in [-0.05, 0) is 71.9 Å². The molecule has 0 radical (unpaired) electrons. The average molecular weight is 527 g/mol. The molecule has 2 amide bonds. The van der Waals surface area contributed by atoms with E-state index in [1.54, 1.807) is 37.5 Å². The van der Waals surface area contributed by atoms with E-state index in [1.807, 2.05) is 41.0 Å². The van der Waals surface area contributed by atoms with Crippen LogP contribution >= 0.6 is 35.0 Å². The average Bonchev–Trinajstić information content (AvgIpc) is 3.27. The maximum absolute atomic E-state index is 12.9. The van der Waals surface area contributed by atoms with Crippen LogP contribution in [-0.4, -0.2) is 45.5 Å². The van der Waals surface area contributed by atoms with Crippen molar-refractivity contribution in [2.45, 2.75) is 12.6 Å². The number of imide groups is 1. The van der Waals surface area contributed by atoms with Crippen LogP contribution in [0.1, 0.15) is 5.56 Å². The Morgan fingerprint density at radius 3 is 2.11 bits per heavy atom. The number of amides is 2. The number of methoxy groups -OCH3 is 1. The Labute approximate surface area is 215 Å². The highest BCUT2D eigenvalue weighted by molar-refractivity contribution is 8.18. The molecule has 178 valence electrons. The lowest BCUT2D eigenvalue weighted by Gasteiger charge is -2.19. The van der Waals surface area contributed by atoms with E-state index in [-0.39, 0.29) is 13.1 Å². The molecule has 1 atom stereocenters. The summed E-state index contributed by atoms with van der Waals surface area (Å²) in [4.78, 5) is 26.9. The summed E-state index contributed by atoms with van der Waals surface area (Å²) < 4.78 is 7.10. The van der Waals surface area contributed by atoms with Gasteiger partial charge in [0.1, 0.15) is 5.75 Å². The van der Waals surface area contributed by atoms with E-state index in [0.717, 1.165) is 44.0 Å². The summed E-state index contributed by atoms with van der Waals surface area (Å²) in [7, 11) is 1.58. The van der Waals surface area contributed by atoms with Gasteiger partial charge in [-0.2, -0.15) is 0 Å². The third-order valence-corrected chi connectivity index (χ3v) is 7.24. The number of thioether (sulfide) groups is 1. The minimum atomic E-state index is -0.978. The topological polar surface area (TPSA) is 71.8 Å². The molecule has 1 aliphatic heterocycles. The van der Waals surface area contributed by atoms with Gasteiger partial charge in [-0.3, -0.25) is 14.5 Å². The van der Waals surface area contributed by atoms with Gasteiger partial charge in [-0.25, -0.2) is 0 Å². The number of fused-ring (bicyclic) bond motifs is 3. The maximum atomic E-state index is 12.9. The summed E-state index contributed by atoms with van der Waals surface area (Å²) in [6.45, 7) is 0.0650. The second-order valence-electron chi connectivity index (χ2n) is 8.15. The molecule has 2 heterocycles. The zero-order chi connectivity index (χ0) is 24.7. The van der Waals surface area contributed by atoms with Crippen molar-refractivity contribution in [3.8, 4) is 5.75 Å². The lowest BCUT2D eigenvalue weighted by Crippen LogP contribution is -2.37. The van der Waals surface area contributed by atoms with Gasteiger partial charge in [0.15, 0.2) is 0 Å². The van der Waals surface area contributed by atoms with Crippen LogP contribution in [-0.2, 0) is 11.3 Å². The third-order valence-electron chi connectivity index (χ3n) is 5.86. The smallest absolute Gasteiger partial charge is 0.293 e. The van der Waals surface area contributed by atoms with Gasteiger partial charge >= 0.3 is 0 Å². The Morgan fingerprint density at radius 1 is 0.943 bits per heavy atom. The van der Waals surface area contributed by atoms with Crippen molar-refractivity contribution in [3.05, 3.63) is 81.2 Å². The fourth-order valence-corrected chi connectivity index (χ4v) is 5.43. The van der Waals surface area contributed by atoms with Crippen molar-refractivity contribution < 1.29 is 19.4 Å². The highest BCUT2D eigenvalue weighted by Gasteiger charge is 2.36. The Bertz CT molecular complexity index is 1440. The molecule has 9 heteroatoms. The number of benzene rings is 3. The van der Waals surface area contributed by atoms with Crippen LogP contribution in [0.3, 0.4) is 0 Å². The fraction of sp³-hybridized carbons (Fsp3) is 0.154. The monoisotopic (exact) mass is 526 g/mol. The Balaban J connectivity index is 1.38. The fourth-order valence-electron chi connectivity index (χ4n) is 4.23. The Hall–Kier alpha value is -2.97. The number of aliphatic hydroxyl groups is 1. The SMILES string of the molecule is COc1ccc(/C=C2\SC(=O)N(CC(O)Cn3c4ccc(Cl)cc4c4cc(Cl)ccc43)C2=O)cc1. The van der Waals surface area contributed by atoms with Crippen LogP contribution < -0.4 is 4.74 Å². The number of halogens is 2. The largest absolute Gasteiger partial charge is 0.497 e. The van der Waals surface area contributed by atoms with Gasteiger partial charge < -0.3 is 14.4 Å². The predicted octanol–water partition coefficient (Wildman–Crippen LogP) is 6.21. The first kappa shape index (κ1) is 23.8. The second-order valence-corrected chi connectivity index (χ2v) is 10.0. The van der Waals surface area contributed by atoms with Crippen molar-refractivity contribution in [1.29, 1.82) is 0 Å². The van der Waals surface area contributed by atoms with E-state index in [1.165, 1.54) is 0 Å². The molecule has 1 aliphatic rings. The van der Waals surface area contributed by atoms with Crippen LogP contribution in [0, 0.1) is 0 Å². The van der Waals surface area contributed by atoms with Gasteiger partial charge in [-0.15, -0.1) is 0 Å². The molecule has 1 N–H and O–H groups in total. The third kappa shape index (κ3) is 4.65. The summed E-state index contributed by atoms with van der Waals surface area (Å²) in [6.07, 6.45) is 0.686. The van der Waals surface area contributed by atoms with E-state index >= 15 is 0 Å². The molecule has 35 heavy (non-hydrogen) atoms. The van der Waals surface area contributed by atoms with Crippen molar-refractivity contribution in [3.63, 3.8) is 0 Å². The van der Waals surface area contributed by atoms with Crippen LogP contribution in [0.4, 0.5) is 4.79 Å². The maximum Gasteiger partial charge on any atom is 0.293 e. The number of β-amino-alcohol motifs (C(OH)–C–C–N with tert-alkyl or cyclic N) is 1. The van der Waals surface area contributed by atoms with Crippen LogP contribution in [0.5, 0.6) is 5.75 Å². The highest BCUT2D eigenvalue weighted by atomic mass is 35.5. The minimum absolute atomic E-state index is 0.118. The summed E-state index contributed by atoms with van der Waals surface area (Å²) in [5.41, 5.74) is 2.53. The van der Waals surface area contributed by atoms with E-state index in [9.17, 15) is 14.7 Å². The molecule has 1 aromatic heterocycles. The summed E-state index contributed by atoms with van der Waals surface area (Å²) in [5, 5.41) is 13.5. The lowest BCUT2D eigenvalue weighted by atomic mass is 10.1. The van der Waals surface area contributed by atoms with Gasteiger partial charge in [0.05, 0.1) is 31.2 Å². The molecule has 1 fully saturated rings. The number of aromatic nitrogens is 1. The first-order valence-corrected chi connectivity index (χ1v) is 12.4. The zero-order valence-electron chi connectivity index (χ0n) is 18.6. The second kappa shape index (κ2) is 9.59. The molecular formula is C26H20Cl2N2O4S. The van der Waals surface area contributed by atoms with Gasteiger partial charge in [0, 0.05) is 31.9 Å². The molecule has 3 aromatic carbocycles. The standard InChI is InChI=1S/C26H20Cl2N2O4S/c1-34-19-6-2-15(3-7-19)10-24-25(32)30(26(33)35-24)14-18(31)13-29-22-8-4-16(27)11-20(22)21-12-17(28)5-9-23(21)29/h2-12,18,31H,13-14H2,1H3/b24-10-. The number of aliphatic hydroxyl groups excluding tert-OH is 1. The van der Waals surface area contributed by atoms with Crippen molar-refractivity contribution in [1.82, 2.24) is 9.47 Å². The first-order valence-electron chi connectivity index (χ1n) is 10.8. The number of hydrogen-bond donors (Lipinski definition) is 1. The Morgan fingerprint density at radius 2 is 1.54 bits per heavy atom. The molecule has 1 unspecified atom stereocenters. The number of ether oxygens (including phenoxy) is 1. The normalized spacial score (nSPS) is 16.1. The quantitative estimate of drug-likeness (QED) is 0.302. The van der Waals surface area contributed by atoms with E-state index in [0.29, 0.717) is 20.7 Å². The van der Waals surface area contributed by atoms with Crippen LogP contribution in [0.15, 0.2) is 65.6 Å². The summed E-state index contributed by atoms with van der Waals surface area (Å²) in [6, 6.07) is 18.2. The molecule has 4 aromatic rings. The molecule has 5 rings (SSSR count). The van der Waals surface area contributed by atoms with Gasteiger partial charge in [-0.1, -0.05) is 35.3 Å². The number of carbonyl (C=O) groups is 2. The first-order chi connectivity index (χ1) is 16.8. The zero-order valence-corrected chi connectivity index (χ0v) is 20.9. The van der Waals surface area contributed by atoms with Crippen LogP contribution in [0.25, 0.3) is 27.9 Å². The van der Waals surface area contributed by atoms with Gasteiger partial charge in [0.2, 0.25) is 0 Å². The molecule has 0 bridgehead atoms. The van der Waals surface area contributed by atoms with E-state index < -0.39 is 17.3 Å². The van der Waals surface area contributed by atoms with Crippen molar-refractivity contribution >= 4 is 74.0 Å². The minimum Gasteiger partial charge on any atom is -0.497 e. The number of hydrogen-bond acceptors (Lipinski definition) is 5. The van der Waals surface area contributed by atoms with E-state index in [2.05, 4.69) is 0 Å². The van der Waals surface area contributed by atoms with E-state index in [4.69, 9.17) is 27.9 Å². The molecule has 0 saturated carbocycles. The molecule has 0 spiro atoms. The number of nitrogens with zero attached hydrogens (tertiary/aromatic N) is 2. The molecule has 6 nitrogen and oxygen atoms in total. The van der Waals surface area contributed by atoms with Crippen molar-refractivity contribution in [2.75, 3.05) is 13.7 Å².